The lowest BCUT2D eigenvalue weighted by Gasteiger charge is -2.07. The standard InChI is InChI=1S/C12H19N3/c1-14-9-5-2-3-7-11(13)12-8-4-6-10-15-12/h2-4,6,8,10-11,14H,5,7,9,13H2,1H3/b3-2+. The minimum Gasteiger partial charge on any atom is -0.322 e. The average Bonchev–Trinajstić information content (AvgIpc) is 2.30. The molecular formula is C12H19N3. The largest absolute Gasteiger partial charge is 0.322 e. The van der Waals surface area contributed by atoms with Gasteiger partial charge in [-0.15, -0.1) is 0 Å². The Labute approximate surface area is 91.4 Å². The lowest BCUT2D eigenvalue weighted by molar-refractivity contribution is 0.709. The Morgan fingerprint density at radius 1 is 1.47 bits per heavy atom. The molecular weight excluding hydrogens is 186 g/mol. The summed E-state index contributed by atoms with van der Waals surface area (Å²) in [6.07, 6.45) is 7.95. The van der Waals surface area contributed by atoms with Crippen LogP contribution >= 0.6 is 0 Å². The number of nitrogens with zero attached hydrogens (tertiary/aromatic N) is 1. The molecule has 0 saturated carbocycles. The Bertz CT molecular complexity index is 282. The fourth-order valence-electron chi connectivity index (χ4n) is 1.30. The van der Waals surface area contributed by atoms with Crippen LogP contribution in [0.2, 0.25) is 0 Å². The van der Waals surface area contributed by atoms with Crippen molar-refractivity contribution in [2.45, 2.75) is 18.9 Å². The summed E-state index contributed by atoms with van der Waals surface area (Å²) in [4.78, 5) is 4.22. The third kappa shape index (κ3) is 4.72. The molecule has 1 aromatic rings. The van der Waals surface area contributed by atoms with Crippen LogP contribution in [0.3, 0.4) is 0 Å². The summed E-state index contributed by atoms with van der Waals surface area (Å²) >= 11 is 0. The van der Waals surface area contributed by atoms with Gasteiger partial charge in [-0.2, -0.15) is 0 Å². The second-order valence-corrected chi connectivity index (χ2v) is 3.46. The van der Waals surface area contributed by atoms with E-state index >= 15 is 0 Å². The number of hydrogen-bond donors (Lipinski definition) is 2. The quantitative estimate of drug-likeness (QED) is 0.548. The second-order valence-electron chi connectivity index (χ2n) is 3.46. The Morgan fingerprint density at radius 3 is 3.00 bits per heavy atom. The fourth-order valence-corrected chi connectivity index (χ4v) is 1.30. The van der Waals surface area contributed by atoms with Crippen molar-refractivity contribution in [1.29, 1.82) is 0 Å². The number of nitrogens with one attached hydrogen (secondary N) is 1. The normalized spacial score (nSPS) is 13.2. The molecule has 15 heavy (non-hydrogen) atoms. The summed E-state index contributed by atoms with van der Waals surface area (Å²) < 4.78 is 0. The maximum Gasteiger partial charge on any atom is 0.0574 e. The van der Waals surface area contributed by atoms with E-state index in [1.165, 1.54) is 0 Å². The highest BCUT2D eigenvalue weighted by Crippen LogP contribution is 2.10. The van der Waals surface area contributed by atoms with Crippen LogP contribution in [0.15, 0.2) is 36.5 Å². The Morgan fingerprint density at radius 2 is 2.33 bits per heavy atom. The minimum atomic E-state index is 0.0111. The highest BCUT2D eigenvalue weighted by atomic mass is 14.8. The molecule has 1 atom stereocenters. The van der Waals surface area contributed by atoms with Gasteiger partial charge in [-0.3, -0.25) is 4.98 Å². The van der Waals surface area contributed by atoms with Gasteiger partial charge in [-0.25, -0.2) is 0 Å². The monoisotopic (exact) mass is 205 g/mol. The summed E-state index contributed by atoms with van der Waals surface area (Å²) in [6, 6.07) is 5.84. The van der Waals surface area contributed by atoms with Crippen LogP contribution in [0.5, 0.6) is 0 Å². The maximum absolute atomic E-state index is 5.98. The summed E-state index contributed by atoms with van der Waals surface area (Å²) in [5.74, 6) is 0. The van der Waals surface area contributed by atoms with Crippen LogP contribution in [0.4, 0.5) is 0 Å². The number of rotatable bonds is 6. The Balaban J connectivity index is 2.30. The number of aromatic nitrogens is 1. The van der Waals surface area contributed by atoms with E-state index in [4.69, 9.17) is 5.73 Å². The SMILES string of the molecule is CNCC/C=C/CC(N)c1ccccn1. The van der Waals surface area contributed by atoms with Crippen LogP contribution in [0, 0.1) is 0 Å². The van der Waals surface area contributed by atoms with E-state index in [9.17, 15) is 0 Å². The van der Waals surface area contributed by atoms with Gasteiger partial charge in [0.15, 0.2) is 0 Å². The molecule has 0 aromatic carbocycles. The van der Waals surface area contributed by atoms with Gasteiger partial charge in [-0.1, -0.05) is 18.2 Å². The number of nitrogens with two attached hydrogens (primary N) is 1. The maximum atomic E-state index is 5.98. The summed E-state index contributed by atoms with van der Waals surface area (Å²) in [6.45, 7) is 1.01. The third-order valence-corrected chi connectivity index (χ3v) is 2.19. The minimum absolute atomic E-state index is 0.0111. The molecule has 0 radical (unpaired) electrons. The Kier molecular flexibility index (Phi) is 5.66. The van der Waals surface area contributed by atoms with Crippen LogP contribution < -0.4 is 11.1 Å². The van der Waals surface area contributed by atoms with E-state index in [0.29, 0.717) is 0 Å². The lowest BCUT2D eigenvalue weighted by atomic mass is 10.1. The van der Waals surface area contributed by atoms with Crippen molar-refractivity contribution in [2.75, 3.05) is 13.6 Å². The first-order chi connectivity index (χ1) is 7.34. The van der Waals surface area contributed by atoms with Crippen molar-refractivity contribution < 1.29 is 0 Å². The molecule has 0 amide bonds. The molecule has 0 bridgehead atoms. The molecule has 1 rings (SSSR count). The van der Waals surface area contributed by atoms with Gasteiger partial charge in [0.25, 0.3) is 0 Å². The molecule has 0 aliphatic rings. The van der Waals surface area contributed by atoms with Crippen molar-refractivity contribution >= 4 is 0 Å². The molecule has 3 nitrogen and oxygen atoms in total. The molecule has 1 heterocycles. The van der Waals surface area contributed by atoms with Gasteiger partial charge >= 0.3 is 0 Å². The molecule has 1 aromatic heterocycles. The van der Waals surface area contributed by atoms with Gasteiger partial charge in [-0.05, 0) is 38.6 Å². The topological polar surface area (TPSA) is 50.9 Å². The summed E-state index contributed by atoms with van der Waals surface area (Å²) in [5, 5.41) is 3.09. The van der Waals surface area contributed by atoms with Gasteiger partial charge in [0.05, 0.1) is 11.7 Å². The molecule has 3 N–H and O–H groups in total. The zero-order valence-corrected chi connectivity index (χ0v) is 9.19. The van der Waals surface area contributed by atoms with Crippen LogP contribution in [-0.4, -0.2) is 18.6 Å². The fraction of sp³-hybridized carbons (Fsp3) is 0.417. The third-order valence-electron chi connectivity index (χ3n) is 2.19. The second kappa shape index (κ2) is 7.15. The van der Waals surface area contributed by atoms with Crippen LogP contribution in [0.1, 0.15) is 24.6 Å². The molecule has 0 aliphatic carbocycles. The predicted octanol–water partition coefficient (Wildman–Crippen LogP) is 1.64. The molecule has 3 heteroatoms. The van der Waals surface area contributed by atoms with Crippen LogP contribution in [0.25, 0.3) is 0 Å². The van der Waals surface area contributed by atoms with Gasteiger partial charge in [0.2, 0.25) is 0 Å². The molecule has 0 aliphatic heterocycles. The van der Waals surface area contributed by atoms with Crippen molar-refractivity contribution in [3.63, 3.8) is 0 Å². The highest BCUT2D eigenvalue weighted by Gasteiger charge is 2.03. The first kappa shape index (κ1) is 11.9. The average molecular weight is 205 g/mol. The molecule has 0 fully saturated rings. The molecule has 0 saturated heterocycles. The zero-order valence-electron chi connectivity index (χ0n) is 9.19. The van der Waals surface area contributed by atoms with Gasteiger partial charge < -0.3 is 11.1 Å². The van der Waals surface area contributed by atoms with Crippen molar-refractivity contribution in [2.24, 2.45) is 5.73 Å². The first-order valence-electron chi connectivity index (χ1n) is 5.30. The van der Waals surface area contributed by atoms with Crippen molar-refractivity contribution in [3.05, 3.63) is 42.2 Å². The van der Waals surface area contributed by atoms with E-state index in [0.717, 1.165) is 25.1 Å². The van der Waals surface area contributed by atoms with Gasteiger partial charge in [0.1, 0.15) is 0 Å². The number of hydrogen-bond acceptors (Lipinski definition) is 3. The van der Waals surface area contributed by atoms with E-state index in [-0.39, 0.29) is 6.04 Å². The molecule has 0 spiro atoms. The Hall–Kier alpha value is -1.19. The van der Waals surface area contributed by atoms with E-state index < -0.39 is 0 Å². The highest BCUT2D eigenvalue weighted by molar-refractivity contribution is 5.09. The first-order valence-corrected chi connectivity index (χ1v) is 5.30. The van der Waals surface area contributed by atoms with Crippen molar-refractivity contribution in [3.8, 4) is 0 Å². The van der Waals surface area contributed by atoms with E-state index in [1.54, 1.807) is 6.20 Å². The predicted molar refractivity (Wildman–Crippen MR) is 63.5 cm³/mol. The number of pyridine rings is 1. The van der Waals surface area contributed by atoms with Gasteiger partial charge in [0, 0.05) is 6.20 Å². The van der Waals surface area contributed by atoms with E-state index in [1.807, 2.05) is 25.2 Å². The lowest BCUT2D eigenvalue weighted by Crippen LogP contribution is -2.10. The van der Waals surface area contributed by atoms with Crippen molar-refractivity contribution in [1.82, 2.24) is 10.3 Å². The summed E-state index contributed by atoms with van der Waals surface area (Å²) in [5.41, 5.74) is 6.93. The summed E-state index contributed by atoms with van der Waals surface area (Å²) in [7, 11) is 1.95. The molecule has 82 valence electrons. The smallest absolute Gasteiger partial charge is 0.0574 e. The van der Waals surface area contributed by atoms with Crippen LogP contribution in [-0.2, 0) is 0 Å². The molecule has 1 unspecified atom stereocenters. The zero-order chi connectivity index (χ0) is 10.9. The van der Waals surface area contributed by atoms with E-state index in [2.05, 4.69) is 22.5 Å².